The highest BCUT2D eigenvalue weighted by Crippen LogP contribution is 2.27. The van der Waals surface area contributed by atoms with Crippen LogP contribution in [0.15, 0.2) is 4.79 Å². The van der Waals surface area contributed by atoms with Crippen LogP contribution >= 0.6 is 11.6 Å². The van der Waals surface area contributed by atoms with Crippen molar-refractivity contribution in [3.05, 3.63) is 20.9 Å². The summed E-state index contributed by atoms with van der Waals surface area (Å²) in [6.07, 6.45) is 0. The van der Waals surface area contributed by atoms with Crippen molar-refractivity contribution < 1.29 is 14.6 Å². The monoisotopic (exact) mass is 218 g/mol. The molecule has 0 aromatic carbocycles. The van der Waals surface area contributed by atoms with E-state index < -0.39 is 22.3 Å². The van der Waals surface area contributed by atoms with Crippen LogP contribution in [0.1, 0.15) is 10.4 Å². The molecule has 1 aromatic heterocycles. The third kappa shape index (κ3) is 1.51. The summed E-state index contributed by atoms with van der Waals surface area (Å²) >= 11 is 5.40. The minimum absolute atomic E-state index is 0.288. The lowest BCUT2D eigenvalue weighted by atomic mass is 10.2. The van der Waals surface area contributed by atoms with Crippen molar-refractivity contribution >= 4 is 23.4 Å². The van der Waals surface area contributed by atoms with E-state index in [-0.39, 0.29) is 11.4 Å². The van der Waals surface area contributed by atoms with Gasteiger partial charge in [0.05, 0.1) is 7.11 Å². The van der Waals surface area contributed by atoms with E-state index in [1.807, 2.05) is 0 Å². The first-order valence-electron chi connectivity index (χ1n) is 3.47. The number of nitrogens with one attached hydrogen (secondary N) is 1. The number of rotatable bonds is 1. The Labute approximate surface area is 83.3 Å². The molecule has 0 aliphatic carbocycles. The number of esters is 1. The predicted molar refractivity (Wildman–Crippen MR) is 49.5 cm³/mol. The molecule has 0 fully saturated rings. The lowest BCUT2D eigenvalue weighted by molar-refractivity contribution is 0.0598. The zero-order valence-corrected chi connectivity index (χ0v) is 7.88. The third-order valence-corrected chi connectivity index (χ3v) is 1.90. The first kappa shape index (κ1) is 10.4. The summed E-state index contributed by atoms with van der Waals surface area (Å²) in [6, 6.07) is 0. The van der Waals surface area contributed by atoms with Gasteiger partial charge in [-0.15, -0.1) is 0 Å². The van der Waals surface area contributed by atoms with E-state index in [1.54, 1.807) is 0 Å². The molecule has 4 N–H and O–H groups in total. The topological polar surface area (TPSA) is 105 Å². The molecule has 1 heterocycles. The Kier molecular flexibility index (Phi) is 2.66. The number of pyridine rings is 1. The van der Waals surface area contributed by atoms with Crippen molar-refractivity contribution in [3.63, 3.8) is 0 Å². The van der Waals surface area contributed by atoms with Crippen LogP contribution in [0.5, 0.6) is 5.75 Å². The Balaban J connectivity index is 3.52. The summed E-state index contributed by atoms with van der Waals surface area (Å²) in [5.74, 6) is -1.85. The van der Waals surface area contributed by atoms with Gasteiger partial charge in [-0.05, 0) is 0 Å². The van der Waals surface area contributed by atoms with Crippen LogP contribution in [0.25, 0.3) is 0 Å². The van der Waals surface area contributed by atoms with Crippen molar-refractivity contribution in [2.24, 2.45) is 0 Å². The number of carbonyl (C=O) groups excluding carboxylic acids is 1. The second kappa shape index (κ2) is 3.59. The van der Waals surface area contributed by atoms with Gasteiger partial charge in [-0.1, -0.05) is 11.6 Å². The molecule has 0 radical (unpaired) electrons. The van der Waals surface area contributed by atoms with Gasteiger partial charge in [0.25, 0.3) is 5.56 Å². The molecule has 0 unspecified atom stereocenters. The van der Waals surface area contributed by atoms with Crippen molar-refractivity contribution in [2.75, 3.05) is 12.8 Å². The van der Waals surface area contributed by atoms with Gasteiger partial charge in [-0.3, -0.25) is 4.79 Å². The maximum absolute atomic E-state index is 11.1. The number of halogens is 1. The molecular formula is C7H7ClN2O4. The number of carbonyl (C=O) groups is 1. The predicted octanol–water partition coefficient (Wildman–Crippen LogP) is 0.103. The molecule has 1 rings (SSSR count). The summed E-state index contributed by atoms with van der Waals surface area (Å²) in [6.45, 7) is 0. The van der Waals surface area contributed by atoms with Crippen molar-refractivity contribution in [1.29, 1.82) is 0 Å². The molecule has 0 saturated carbocycles. The zero-order chi connectivity index (χ0) is 10.9. The lowest BCUT2D eigenvalue weighted by Crippen LogP contribution is -2.16. The number of hydrogen-bond donors (Lipinski definition) is 3. The number of anilines is 1. The minimum Gasteiger partial charge on any atom is -0.505 e. The molecule has 7 heteroatoms. The van der Waals surface area contributed by atoms with Crippen molar-refractivity contribution in [3.8, 4) is 5.75 Å². The maximum Gasteiger partial charge on any atom is 0.345 e. The molecule has 0 spiro atoms. The van der Waals surface area contributed by atoms with E-state index in [0.29, 0.717) is 0 Å². The molecule has 0 aliphatic rings. The molecule has 0 atom stereocenters. The Morgan fingerprint density at radius 1 is 1.64 bits per heavy atom. The highest BCUT2D eigenvalue weighted by atomic mass is 35.5. The SMILES string of the molecule is COC(=O)c1c(N)[nH]c(=O)c(Cl)c1O. The summed E-state index contributed by atoms with van der Waals surface area (Å²) in [7, 11) is 1.11. The number of nitrogen functional groups attached to an aromatic ring is 1. The first-order chi connectivity index (χ1) is 6.49. The van der Waals surface area contributed by atoms with E-state index >= 15 is 0 Å². The first-order valence-corrected chi connectivity index (χ1v) is 3.85. The van der Waals surface area contributed by atoms with Crippen LogP contribution in [0.2, 0.25) is 5.02 Å². The highest BCUT2D eigenvalue weighted by molar-refractivity contribution is 6.32. The largest absolute Gasteiger partial charge is 0.505 e. The Bertz CT molecular complexity index is 440. The van der Waals surface area contributed by atoms with Crippen LogP contribution in [-0.4, -0.2) is 23.2 Å². The average Bonchev–Trinajstić information content (AvgIpc) is 2.14. The van der Waals surface area contributed by atoms with Crippen LogP contribution in [0.3, 0.4) is 0 Å². The smallest absolute Gasteiger partial charge is 0.345 e. The van der Waals surface area contributed by atoms with Crippen LogP contribution in [0, 0.1) is 0 Å². The number of aromatic nitrogens is 1. The van der Waals surface area contributed by atoms with E-state index in [1.165, 1.54) is 0 Å². The van der Waals surface area contributed by atoms with Gasteiger partial charge >= 0.3 is 5.97 Å². The minimum atomic E-state index is -0.877. The van der Waals surface area contributed by atoms with Crippen molar-refractivity contribution in [2.45, 2.75) is 0 Å². The van der Waals surface area contributed by atoms with Gasteiger partial charge in [0.2, 0.25) is 0 Å². The second-order valence-corrected chi connectivity index (χ2v) is 2.77. The second-order valence-electron chi connectivity index (χ2n) is 2.40. The molecule has 0 aliphatic heterocycles. The number of H-pyrrole nitrogens is 1. The summed E-state index contributed by atoms with van der Waals surface area (Å²) < 4.78 is 4.33. The van der Waals surface area contributed by atoms with Gasteiger partial charge in [0.15, 0.2) is 5.75 Å². The summed E-state index contributed by atoms with van der Waals surface area (Å²) in [5.41, 5.74) is 4.17. The van der Waals surface area contributed by atoms with Gasteiger partial charge in [0.1, 0.15) is 16.4 Å². The highest BCUT2D eigenvalue weighted by Gasteiger charge is 2.20. The molecule has 0 amide bonds. The number of aromatic hydroxyl groups is 1. The van der Waals surface area contributed by atoms with E-state index in [2.05, 4.69) is 9.72 Å². The molecule has 14 heavy (non-hydrogen) atoms. The number of methoxy groups -OCH3 is 1. The van der Waals surface area contributed by atoms with Gasteiger partial charge in [0, 0.05) is 0 Å². The zero-order valence-electron chi connectivity index (χ0n) is 7.13. The lowest BCUT2D eigenvalue weighted by Gasteiger charge is -2.06. The Hall–Kier alpha value is -1.69. The average molecular weight is 219 g/mol. The molecule has 0 bridgehead atoms. The van der Waals surface area contributed by atoms with E-state index in [9.17, 15) is 14.7 Å². The maximum atomic E-state index is 11.1. The van der Waals surface area contributed by atoms with Crippen LogP contribution in [0.4, 0.5) is 5.82 Å². The fourth-order valence-corrected chi connectivity index (χ4v) is 1.03. The Morgan fingerprint density at radius 3 is 2.71 bits per heavy atom. The van der Waals surface area contributed by atoms with Gasteiger partial charge in [-0.25, -0.2) is 4.79 Å². The number of aromatic amines is 1. The van der Waals surface area contributed by atoms with Crippen LogP contribution in [-0.2, 0) is 4.74 Å². The van der Waals surface area contributed by atoms with E-state index in [4.69, 9.17) is 17.3 Å². The number of nitrogens with two attached hydrogens (primary N) is 1. The normalized spacial score (nSPS) is 9.86. The summed E-state index contributed by atoms with van der Waals surface area (Å²) in [4.78, 5) is 24.1. The van der Waals surface area contributed by atoms with E-state index in [0.717, 1.165) is 7.11 Å². The molecule has 1 aromatic rings. The number of hydrogen-bond acceptors (Lipinski definition) is 5. The molecule has 6 nitrogen and oxygen atoms in total. The quantitative estimate of drug-likeness (QED) is 0.580. The summed E-state index contributed by atoms with van der Waals surface area (Å²) in [5, 5.41) is 8.83. The third-order valence-electron chi connectivity index (χ3n) is 1.55. The molecule has 0 saturated heterocycles. The van der Waals surface area contributed by atoms with Crippen LogP contribution < -0.4 is 11.3 Å². The molecular weight excluding hydrogens is 212 g/mol. The van der Waals surface area contributed by atoms with Crippen molar-refractivity contribution in [1.82, 2.24) is 4.98 Å². The van der Waals surface area contributed by atoms with Gasteiger partial charge < -0.3 is 20.6 Å². The number of ether oxygens (including phenoxy) is 1. The Morgan fingerprint density at radius 2 is 2.21 bits per heavy atom. The standard InChI is InChI=1S/C7H7ClN2O4/c1-14-7(13)2-4(11)3(8)6(12)10-5(2)9/h1H3,(H4,9,10,11,12). The van der Waals surface area contributed by atoms with Gasteiger partial charge in [-0.2, -0.15) is 0 Å². The fourth-order valence-electron chi connectivity index (χ4n) is 0.893. The fraction of sp³-hybridized carbons (Fsp3) is 0.143. The molecule has 76 valence electrons.